The molecule has 27 heavy (non-hydrogen) atoms. The van der Waals surface area contributed by atoms with Crippen molar-refractivity contribution in [1.82, 2.24) is 10.6 Å². The molecule has 0 radical (unpaired) electrons. The van der Waals surface area contributed by atoms with Crippen molar-refractivity contribution in [2.75, 3.05) is 13.2 Å². The number of nitrogens with one attached hydrogen (secondary N) is 2. The number of amides is 2. The topological polar surface area (TPSA) is 114 Å². The van der Waals surface area contributed by atoms with Gasteiger partial charge < -0.3 is 25.2 Å². The smallest absolute Gasteiger partial charge is 0.407 e. The van der Waals surface area contributed by atoms with Crippen LogP contribution in [0.25, 0.3) is 0 Å². The minimum Gasteiger partial charge on any atom is -0.508 e. The molecule has 1 rings (SSSR count). The molecule has 0 aliphatic heterocycles. The van der Waals surface area contributed by atoms with E-state index in [9.17, 15) is 19.5 Å². The molecule has 0 aliphatic rings. The van der Waals surface area contributed by atoms with Crippen molar-refractivity contribution < 1.29 is 29.0 Å². The molecule has 0 heterocycles. The van der Waals surface area contributed by atoms with E-state index in [1.54, 1.807) is 39.8 Å². The summed E-state index contributed by atoms with van der Waals surface area (Å²) in [6, 6.07) is 5.48. The minimum absolute atomic E-state index is 0.00920. The summed E-state index contributed by atoms with van der Waals surface area (Å²) in [5, 5.41) is 14.4. The Morgan fingerprint density at radius 2 is 1.78 bits per heavy atom. The number of hydrogen-bond donors (Lipinski definition) is 3. The predicted molar refractivity (Wildman–Crippen MR) is 99.2 cm³/mol. The summed E-state index contributed by atoms with van der Waals surface area (Å²) < 4.78 is 10.1. The number of aromatic hydroxyl groups is 1. The first kappa shape index (κ1) is 22.3. The quantitative estimate of drug-likeness (QED) is 0.594. The van der Waals surface area contributed by atoms with Gasteiger partial charge >= 0.3 is 12.1 Å². The van der Waals surface area contributed by atoms with Crippen molar-refractivity contribution in [3.05, 3.63) is 29.8 Å². The van der Waals surface area contributed by atoms with E-state index in [-0.39, 0.29) is 31.7 Å². The predicted octanol–water partition coefficient (Wildman–Crippen LogP) is 1.90. The van der Waals surface area contributed by atoms with Crippen molar-refractivity contribution in [1.29, 1.82) is 0 Å². The van der Waals surface area contributed by atoms with E-state index >= 15 is 0 Å². The molecular formula is C19H28N2O6. The molecular weight excluding hydrogens is 352 g/mol. The SMILES string of the molecule is CCOC(=O)[C@H](Cc1ccc(O)cc1)NC(=O)CCNC(=O)OC(C)(C)C. The van der Waals surface area contributed by atoms with Crippen molar-refractivity contribution in [2.45, 2.75) is 52.2 Å². The van der Waals surface area contributed by atoms with Gasteiger partial charge in [0.25, 0.3) is 0 Å². The number of carbonyl (C=O) groups is 3. The molecule has 0 aromatic heterocycles. The Morgan fingerprint density at radius 1 is 1.15 bits per heavy atom. The summed E-state index contributed by atoms with van der Waals surface area (Å²) in [7, 11) is 0. The zero-order chi connectivity index (χ0) is 20.4. The van der Waals surface area contributed by atoms with Crippen LogP contribution in [0.4, 0.5) is 4.79 Å². The Labute approximate surface area is 159 Å². The van der Waals surface area contributed by atoms with Gasteiger partial charge in [-0.15, -0.1) is 0 Å². The third-order valence-electron chi connectivity index (χ3n) is 3.30. The maximum Gasteiger partial charge on any atom is 0.407 e. The second-order valence-electron chi connectivity index (χ2n) is 6.92. The Morgan fingerprint density at radius 3 is 2.33 bits per heavy atom. The Hall–Kier alpha value is -2.77. The number of ether oxygens (including phenoxy) is 2. The molecule has 3 N–H and O–H groups in total. The fraction of sp³-hybridized carbons (Fsp3) is 0.526. The molecule has 0 aliphatic carbocycles. The average molecular weight is 380 g/mol. The second kappa shape index (κ2) is 10.4. The van der Waals surface area contributed by atoms with Crippen LogP contribution in [0, 0.1) is 0 Å². The lowest BCUT2D eigenvalue weighted by atomic mass is 10.1. The molecule has 8 heteroatoms. The summed E-state index contributed by atoms with van der Waals surface area (Å²) in [6.07, 6.45) is -0.393. The zero-order valence-corrected chi connectivity index (χ0v) is 16.2. The number of carbonyl (C=O) groups excluding carboxylic acids is 3. The summed E-state index contributed by atoms with van der Waals surface area (Å²) in [6.45, 7) is 7.18. The zero-order valence-electron chi connectivity index (χ0n) is 16.2. The molecule has 1 atom stereocenters. The largest absolute Gasteiger partial charge is 0.508 e. The average Bonchev–Trinajstić information content (AvgIpc) is 2.54. The molecule has 0 saturated heterocycles. The van der Waals surface area contributed by atoms with Crippen molar-refractivity contribution >= 4 is 18.0 Å². The molecule has 0 spiro atoms. The Kier molecular flexibility index (Phi) is 8.58. The number of rotatable bonds is 8. The molecule has 0 fully saturated rings. The summed E-state index contributed by atoms with van der Waals surface area (Å²) >= 11 is 0. The van der Waals surface area contributed by atoms with Crippen LogP contribution in [0.15, 0.2) is 24.3 Å². The van der Waals surface area contributed by atoms with Crippen molar-refractivity contribution in [3.8, 4) is 5.75 Å². The maximum absolute atomic E-state index is 12.1. The highest BCUT2D eigenvalue weighted by atomic mass is 16.6. The van der Waals surface area contributed by atoms with Gasteiger partial charge in [0.15, 0.2) is 0 Å². The van der Waals surface area contributed by atoms with E-state index in [1.807, 2.05) is 0 Å². The molecule has 150 valence electrons. The van der Waals surface area contributed by atoms with E-state index < -0.39 is 29.6 Å². The fourth-order valence-corrected chi connectivity index (χ4v) is 2.16. The lowest BCUT2D eigenvalue weighted by Crippen LogP contribution is -2.44. The van der Waals surface area contributed by atoms with Gasteiger partial charge in [-0.2, -0.15) is 0 Å². The van der Waals surface area contributed by atoms with Gasteiger partial charge in [-0.1, -0.05) is 12.1 Å². The molecule has 2 amide bonds. The molecule has 0 unspecified atom stereocenters. The first-order chi connectivity index (χ1) is 12.6. The Bertz CT molecular complexity index is 637. The number of esters is 1. The van der Waals surface area contributed by atoms with Gasteiger partial charge in [0.1, 0.15) is 17.4 Å². The third-order valence-corrected chi connectivity index (χ3v) is 3.30. The number of hydrogen-bond acceptors (Lipinski definition) is 6. The summed E-state index contributed by atoms with van der Waals surface area (Å²) in [5.41, 5.74) is 0.142. The van der Waals surface area contributed by atoms with Crippen LogP contribution in [0.2, 0.25) is 0 Å². The van der Waals surface area contributed by atoms with E-state index in [1.165, 1.54) is 12.1 Å². The van der Waals surface area contributed by atoms with Crippen LogP contribution >= 0.6 is 0 Å². The summed E-state index contributed by atoms with van der Waals surface area (Å²) in [4.78, 5) is 35.8. The maximum atomic E-state index is 12.1. The van der Waals surface area contributed by atoms with E-state index in [2.05, 4.69) is 10.6 Å². The van der Waals surface area contributed by atoms with Gasteiger partial charge in [-0.25, -0.2) is 9.59 Å². The van der Waals surface area contributed by atoms with Gasteiger partial charge in [0.05, 0.1) is 6.61 Å². The van der Waals surface area contributed by atoms with Crippen LogP contribution in [0.5, 0.6) is 5.75 Å². The third kappa shape index (κ3) is 9.48. The first-order valence-electron chi connectivity index (χ1n) is 8.81. The fourth-order valence-electron chi connectivity index (χ4n) is 2.16. The molecule has 1 aromatic carbocycles. The summed E-state index contributed by atoms with van der Waals surface area (Å²) in [5.74, 6) is -0.828. The van der Waals surface area contributed by atoms with Crippen LogP contribution in [0.1, 0.15) is 39.7 Å². The number of phenolic OH excluding ortho intramolecular Hbond substituents is 1. The van der Waals surface area contributed by atoms with Crippen LogP contribution < -0.4 is 10.6 Å². The van der Waals surface area contributed by atoms with E-state index in [0.717, 1.165) is 5.56 Å². The van der Waals surface area contributed by atoms with Crippen LogP contribution in [-0.2, 0) is 25.5 Å². The molecule has 8 nitrogen and oxygen atoms in total. The normalized spacial score (nSPS) is 12.0. The van der Waals surface area contributed by atoms with E-state index in [0.29, 0.717) is 0 Å². The van der Waals surface area contributed by atoms with Crippen molar-refractivity contribution in [2.24, 2.45) is 0 Å². The molecule has 1 aromatic rings. The molecule has 0 bridgehead atoms. The molecule has 0 saturated carbocycles. The number of phenols is 1. The van der Waals surface area contributed by atoms with E-state index in [4.69, 9.17) is 9.47 Å². The van der Waals surface area contributed by atoms with Crippen molar-refractivity contribution in [3.63, 3.8) is 0 Å². The van der Waals surface area contributed by atoms with Gasteiger partial charge in [-0.05, 0) is 45.4 Å². The Balaban J connectivity index is 2.56. The lowest BCUT2D eigenvalue weighted by molar-refractivity contribution is -0.147. The second-order valence-corrected chi connectivity index (χ2v) is 6.92. The van der Waals surface area contributed by atoms with Gasteiger partial charge in [0, 0.05) is 19.4 Å². The lowest BCUT2D eigenvalue weighted by Gasteiger charge is -2.20. The van der Waals surface area contributed by atoms with Gasteiger partial charge in [-0.3, -0.25) is 4.79 Å². The monoisotopic (exact) mass is 380 g/mol. The highest BCUT2D eigenvalue weighted by Gasteiger charge is 2.23. The van der Waals surface area contributed by atoms with Crippen LogP contribution in [-0.4, -0.2) is 47.9 Å². The first-order valence-corrected chi connectivity index (χ1v) is 8.81. The van der Waals surface area contributed by atoms with Crippen LogP contribution in [0.3, 0.4) is 0 Å². The highest BCUT2D eigenvalue weighted by molar-refractivity contribution is 5.85. The number of alkyl carbamates (subject to hydrolysis) is 1. The number of benzene rings is 1. The standard InChI is InChI=1S/C19H28N2O6/c1-5-26-17(24)15(12-13-6-8-14(22)9-7-13)21-16(23)10-11-20-18(25)27-19(2,3)4/h6-9,15,22H,5,10-12H2,1-4H3,(H,20,25)(H,21,23)/t15-/m0/s1. The van der Waals surface area contributed by atoms with Gasteiger partial charge in [0.2, 0.25) is 5.91 Å². The highest BCUT2D eigenvalue weighted by Crippen LogP contribution is 2.12. The minimum atomic E-state index is -0.858.